The molecule has 1 amide bonds. The third kappa shape index (κ3) is 4.65. The lowest BCUT2D eigenvalue weighted by molar-refractivity contribution is -0.143. The average Bonchev–Trinajstić information content (AvgIpc) is 3.07. The van der Waals surface area contributed by atoms with Crippen LogP contribution in [0.1, 0.15) is 85.5 Å². The van der Waals surface area contributed by atoms with E-state index >= 15 is 0 Å². The Morgan fingerprint density at radius 2 is 1.91 bits per heavy atom. The standard InChI is InChI=1S/C27H42N2O5/c1-16(2)13-22(25(32)33)28-24(31)15-34-29-18-9-11-26(3)17(14-18)5-6-19-20-7-8-23(30)27(20,4)12-10-21(19)26/h14,16,19-23,30H,5-13,15H2,1-4H3,(H,28,31)(H,32,33)/t19?,20?,21?,22?,23?,26-,27-/m0/s1. The molecule has 0 radical (unpaired) electrons. The van der Waals surface area contributed by atoms with Gasteiger partial charge in [0.2, 0.25) is 0 Å². The summed E-state index contributed by atoms with van der Waals surface area (Å²) in [6, 6.07) is -0.908. The van der Waals surface area contributed by atoms with Crippen molar-refractivity contribution in [3.8, 4) is 0 Å². The molecule has 4 aliphatic carbocycles. The topological polar surface area (TPSA) is 108 Å². The first-order chi connectivity index (χ1) is 16.0. The summed E-state index contributed by atoms with van der Waals surface area (Å²) in [5.41, 5.74) is 2.60. The highest BCUT2D eigenvalue weighted by Crippen LogP contribution is 2.65. The monoisotopic (exact) mass is 474 g/mol. The highest BCUT2D eigenvalue weighted by molar-refractivity contribution is 5.96. The Hall–Kier alpha value is -1.89. The number of fused-ring (bicyclic) bond motifs is 5. The number of oxime groups is 1. The molecule has 4 aliphatic rings. The van der Waals surface area contributed by atoms with Crippen LogP contribution >= 0.6 is 0 Å². The van der Waals surface area contributed by atoms with Gasteiger partial charge in [0, 0.05) is 0 Å². The number of aliphatic hydroxyl groups is 1. The second-order valence-electron chi connectivity index (χ2n) is 12.1. The van der Waals surface area contributed by atoms with Crippen LogP contribution in [0.15, 0.2) is 16.8 Å². The molecule has 3 saturated carbocycles. The van der Waals surface area contributed by atoms with Crippen molar-refractivity contribution < 1.29 is 24.6 Å². The van der Waals surface area contributed by atoms with E-state index in [9.17, 15) is 19.8 Å². The lowest BCUT2D eigenvalue weighted by Crippen LogP contribution is -2.51. The number of rotatable bonds is 7. The predicted molar refractivity (Wildman–Crippen MR) is 130 cm³/mol. The fourth-order valence-corrected chi connectivity index (χ4v) is 7.72. The van der Waals surface area contributed by atoms with Crippen LogP contribution in [0.4, 0.5) is 0 Å². The fourth-order valence-electron chi connectivity index (χ4n) is 7.72. The molecule has 3 fully saturated rings. The summed E-state index contributed by atoms with van der Waals surface area (Å²) in [7, 11) is 0. The van der Waals surface area contributed by atoms with E-state index in [1.165, 1.54) is 18.4 Å². The second-order valence-corrected chi connectivity index (χ2v) is 12.1. The van der Waals surface area contributed by atoms with Gasteiger partial charge < -0.3 is 20.4 Å². The molecule has 0 aliphatic heterocycles. The molecular weight excluding hydrogens is 432 g/mol. The molecule has 0 aromatic heterocycles. The Bertz CT molecular complexity index is 867. The van der Waals surface area contributed by atoms with Crippen LogP contribution in [0.2, 0.25) is 0 Å². The normalized spacial score (nSPS) is 39.0. The van der Waals surface area contributed by atoms with Gasteiger partial charge in [0.15, 0.2) is 6.61 Å². The molecular formula is C27H42N2O5. The number of nitrogens with zero attached hydrogens (tertiary/aromatic N) is 1. The lowest BCUT2D eigenvalue weighted by Gasteiger charge is -2.57. The summed E-state index contributed by atoms with van der Waals surface area (Å²) in [6.07, 6.45) is 11.0. The number of carbonyl (C=O) groups excluding carboxylic acids is 1. The molecule has 0 spiro atoms. The summed E-state index contributed by atoms with van der Waals surface area (Å²) < 4.78 is 0. The van der Waals surface area contributed by atoms with Crippen LogP contribution in [-0.4, -0.2) is 46.6 Å². The molecule has 5 unspecified atom stereocenters. The Morgan fingerprint density at radius 1 is 1.15 bits per heavy atom. The molecule has 0 saturated heterocycles. The van der Waals surface area contributed by atoms with E-state index < -0.39 is 17.9 Å². The van der Waals surface area contributed by atoms with Crippen LogP contribution in [0.25, 0.3) is 0 Å². The van der Waals surface area contributed by atoms with Gasteiger partial charge in [-0.05, 0) is 98.4 Å². The summed E-state index contributed by atoms with van der Waals surface area (Å²) in [5, 5.41) is 26.7. The molecule has 7 atom stereocenters. The summed E-state index contributed by atoms with van der Waals surface area (Å²) in [4.78, 5) is 28.8. The van der Waals surface area contributed by atoms with Crippen molar-refractivity contribution in [3.05, 3.63) is 11.6 Å². The van der Waals surface area contributed by atoms with Gasteiger partial charge in [0.25, 0.3) is 5.91 Å². The minimum atomic E-state index is -1.03. The molecule has 3 N–H and O–H groups in total. The second kappa shape index (κ2) is 9.63. The number of hydrogen-bond acceptors (Lipinski definition) is 5. The zero-order valence-electron chi connectivity index (χ0n) is 21.2. The van der Waals surface area contributed by atoms with Crippen LogP contribution in [0, 0.1) is 34.5 Å². The SMILES string of the molecule is CC(C)CC(NC(=O)CON=C1C=C2CCC3C4CCC(O)[C@@]4(C)CCC3[C@@]2(C)CC1)C(=O)O. The molecule has 7 nitrogen and oxygen atoms in total. The van der Waals surface area contributed by atoms with Gasteiger partial charge in [-0.1, -0.05) is 38.4 Å². The molecule has 190 valence electrons. The first-order valence-electron chi connectivity index (χ1n) is 13.1. The Kier molecular flexibility index (Phi) is 7.14. The summed E-state index contributed by atoms with van der Waals surface area (Å²) in [6.45, 7) is 8.31. The van der Waals surface area contributed by atoms with Gasteiger partial charge in [-0.3, -0.25) is 4.79 Å². The number of aliphatic carboxylic acids is 1. The van der Waals surface area contributed by atoms with Gasteiger partial charge in [-0.25, -0.2) is 4.79 Å². The largest absolute Gasteiger partial charge is 0.480 e. The highest BCUT2D eigenvalue weighted by Gasteiger charge is 2.58. The first-order valence-corrected chi connectivity index (χ1v) is 13.1. The van der Waals surface area contributed by atoms with Crippen molar-refractivity contribution in [2.45, 2.75) is 97.6 Å². The van der Waals surface area contributed by atoms with Crippen molar-refractivity contribution >= 4 is 17.6 Å². The zero-order valence-corrected chi connectivity index (χ0v) is 21.2. The quantitative estimate of drug-likeness (QED) is 0.477. The van der Waals surface area contributed by atoms with E-state index in [-0.39, 0.29) is 29.5 Å². The van der Waals surface area contributed by atoms with Crippen molar-refractivity contribution in [2.24, 2.45) is 39.7 Å². The lowest BCUT2D eigenvalue weighted by atomic mass is 9.47. The predicted octanol–water partition coefficient (Wildman–Crippen LogP) is 4.30. The summed E-state index contributed by atoms with van der Waals surface area (Å²) in [5.74, 6) is 0.674. The van der Waals surface area contributed by atoms with Gasteiger partial charge in [-0.2, -0.15) is 0 Å². The molecule has 34 heavy (non-hydrogen) atoms. The van der Waals surface area contributed by atoms with E-state index in [1.54, 1.807) is 0 Å². The molecule has 0 heterocycles. The first kappa shape index (κ1) is 25.2. The number of hydrogen-bond donors (Lipinski definition) is 3. The maximum Gasteiger partial charge on any atom is 0.326 e. The highest BCUT2D eigenvalue weighted by atomic mass is 16.6. The van der Waals surface area contributed by atoms with Crippen LogP contribution < -0.4 is 5.32 Å². The Labute approximate surface area is 203 Å². The van der Waals surface area contributed by atoms with E-state index in [4.69, 9.17) is 4.84 Å². The fraction of sp³-hybridized carbons (Fsp3) is 0.815. The van der Waals surface area contributed by atoms with Gasteiger partial charge in [-0.15, -0.1) is 0 Å². The van der Waals surface area contributed by atoms with Crippen molar-refractivity contribution in [1.82, 2.24) is 5.32 Å². The van der Waals surface area contributed by atoms with Gasteiger partial charge >= 0.3 is 5.97 Å². The van der Waals surface area contributed by atoms with Crippen molar-refractivity contribution in [1.29, 1.82) is 0 Å². The molecule has 0 aromatic rings. The molecule has 0 bridgehead atoms. The molecule has 0 aromatic carbocycles. The van der Waals surface area contributed by atoms with E-state index in [0.717, 1.165) is 44.2 Å². The number of amides is 1. The minimum absolute atomic E-state index is 0.100. The van der Waals surface area contributed by atoms with Gasteiger partial charge in [0.05, 0.1) is 11.8 Å². The van der Waals surface area contributed by atoms with E-state index in [0.29, 0.717) is 24.2 Å². The third-order valence-corrected chi connectivity index (χ3v) is 9.65. The molecule has 4 rings (SSSR count). The Balaban J connectivity index is 1.37. The van der Waals surface area contributed by atoms with E-state index in [1.807, 2.05) is 13.8 Å². The Morgan fingerprint density at radius 3 is 2.62 bits per heavy atom. The smallest absolute Gasteiger partial charge is 0.326 e. The number of aliphatic hydroxyl groups excluding tert-OH is 1. The minimum Gasteiger partial charge on any atom is -0.480 e. The number of allylic oxidation sites excluding steroid dienone is 2. The van der Waals surface area contributed by atoms with Crippen LogP contribution in [0.3, 0.4) is 0 Å². The maximum absolute atomic E-state index is 12.2. The average molecular weight is 475 g/mol. The van der Waals surface area contributed by atoms with Gasteiger partial charge in [0.1, 0.15) is 6.04 Å². The summed E-state index contributed by atoms with van der Waals surface area (Å²) >= 11 is 0. The van der Waals surface area contributed by atoms with Crippen molar-refractivity contribution in [2.75, 3.05) is 6.61 Å². The van der Waals surface area contributed by atoms with E-state index in [2.05, 4.69) is 30.4 Å². The maximum atomic E-state index is 12.2. The number of nitrogens with one attached hydrogen (secondary N) is 1. The molecule has 7 heteroatoms. The number of carbonyl (C=O) groups is 2. The number of carboxylic acids is 1. The third-order valence-electron chi connectivity index (χ3n) is 9.65. The number of carboxylic acid groups (broad SMARTS) is 1. The zero-order chi connectivity index (χ0) is 24.7. The van der Waals surface area contributed by atoms with Crippen molar-refractivity contribution in [3.63, 3.8) is 0 Å². The van der Waals surface area contributed by atoms with Crippen LogP contribution in [0.5, 0.6) is 0 Å². The van der Waals surface area contributed by atoms with Crippen LogP contribution in [-0.2, 0) is 14.4 Å².